The molecule has 0 spiro atoms. The van der Waals surface area contributed by atoms with Gasteiger partial charge < -0.3 is 4.74 Å². The quantitative estimate of drug-likeness (QED) is 0.567. The molecule has 0 atom stereocenters. The molecule has 0 aliphatic carbocycles. The summed E-state index contributed by atoms with van der Waals surface area (Å²) in [4.78, 5) is 26.5. The molecule has 27 heavy (non-hydrogen) atoms. The number of ether oxygens (including phenoxy) is 1. The largest absolute Gasteiger partial charge is 0.488 e. The number of carbonyl (C=O) groups excluding carboxylic acids is 2. The van der Waals surface area contributed by atoms with Crippen molar-refractivity contribution >= 4 is 51.0 Å². The number of benzene rings is 3. The number of carbonyl (C=O) groups is 2. The van der Waals surface area contributed by atoms with Gasteiger partial charge in [0.1, 0.15) is 18.1 Å². The molecule has 0 radical (unpaired) electrons. The van der Waals surface area contributed by atoms with Crippen LogP contribution >= 0.6 is 22.6 Å². The number of urea groups is 1. The van der Waals surface area contributed by atoms with E-state index in [2.05, 4.69) is 57.2 Å². The fourth-order valence-corrected chi connectivity index (χ4v) is 3.76. The third-order valence-electron chi connectivity index (χ3n) is 4.35. The zero-order valence-corrected chi connectivity index (χ0v) is 16.4. The van der Waals surface area contributed by atoms with Gasteiger partial charge in [-0.25, -0.2) is 4.79 Å². The highest BCUT2D eigenvalue weighted by Crippen LogP contribution is 2.25. The molecule has 3 amide bonds. The zero-order valence-electron chi connectivity index (χ0n) is 14.2. The summed E-state index contributed by atoms with van der Waals surface area (Å²) in [6.07, 6.45) is 0.317. The normalized spacial score (nSPS) is 13.6. The first-order valence-electron chi connectivity index (χ1n) is 8.41. The predicted octanol–water partition coefficient (Wildman–Crippen LogP) is 4.26. The molecule has 1 N–H and O–H groups in total. The van der Waals surface area contributed by atoms with Crippen LogP contribution in [0.5, 0.6) is 5.75 Å². The molecule has 1 aliphatic rings. The molecule has 1 heterocycles. The Morgan fingerprint density at radius 1 is 1.00 bits per heavy atom. The highest BCUT2D eigenvalue weighted by Gasteiger charge is 2.23. The lowest BCUT2D eigenvalue weighted by Crippen LogP contribution is -2.26. The Labute approximate surface area is 169 Å². The molecule has 1 aliphatic heterocycles. The highest BCUT2D eigenvalue weighted by molar-refractivity contribution is 14.1. The van der Waals surface area contributed by atoms with Crippen LogP contribution in [0.4, 0.5) is 4.79 Å². The number of aliphatic imine (C=N–C) groups is 1. The third-order valence-corrected chi connectivity index (χ3v) is 5.19. The van der Waals surface area contributed by atoms with Crippen molar-refractivity contribution in [3.63, 3.8) is 0 Å². The first-order chi connectivity index (χ1) is 13.1. The molecule has 0 unspecified atom stereocenters. The van der Waals surface area contributed by atoms with E-state index < -0.39 is 11.9 Å². The maximum Gasteiger partial charge on any atom is 0.348 e. The minimum absolute atomic E-state index is 0.236. The van der Waals surface area contributed by atoms with Gasteiger partial charge in [0.25, 0.3) is 5.91 Å². The van der Waals surface area contributed by atoms with E-state index in [-0.39, 0.29) is 5.71 Å². The van der Waals surface area contributed by atoms with E-state index in [0.29, 0.717) is 13.0 Å². The average Bonchev–Trinajstić information content (AvgIpc) is 2.98. The van der Waals surface area contributed by atoms with Gasteiger partial charge in [-0.1, -0.05) is 48.5 Å². The number of rotatable bonds is 5. The third kappa shape index (κ3) is 3.85. The predicted molar refractivity (Wildman–Crippen MR) is 112 cm³/mol. The van der Waals surface area contributed by atoms with E-state index in [9.17, 15) is 9.59 Å². The fraction of sp³-hybridized carbons (Fsp3) is 0.0952. The second kappa shape index (κ2) is 7.48. The van der Waals surface area contributed by atoms with Crippen molar-refractivity contribution in [1.82, 2.24) is 5.32 Å². The molecule has 6 heteroatoms. The number of hydrogen-bond donors (Lipinski definition) is 1. The number of halogens is 1. The average molecular weight is 470 g/mol. The van der Waals surface area contributed by atoms with Crippen LogP contribution in [0, 0.1) is 3.57 Å². The Balaban J connectivity index is 1.49. The maximum atomic E-state index is 11.6. The van der Waals surface area contributed by atoms with E-state index in [1.54, 1.807) is 0 Å². The standard InChI is InChI=1S/C21H15IN2O3/c22-17-10-13(11-18-20(25)24-21(26)23-18)8-9-19(17)27-12-15-6-3-5-14-4-1-2-7-16(14)15/h1-10H,11-12H2,(H,24,25,26). The highest BCUT2D eigenvalue weighted by atomic mass is 127. The molecule has 3 aromatic rings. The molecule has 4 rings (SSSR count). The molecule has 0 saturated heterocycles. The minimum atomic E-state index is -0.597. The maximum absolute atomic E-state index is 11.6. The van der Waals surface area contributed by atoms with Gasteiger partial charge in [0.15, 0.2) is 0 Å². The monoisotopic (exact) mass is 470 g/mol. The topological polar surface area (TPSA) is 67.8 Å². The van der Waals surface area contributed by atoms with E-state index in [0.717, 1.165) is 20.4 Å². The molecule has 134 valence electrons. The second-order valence-corrected chi connectivity index (χ2v) is 7.35. The summed E-state index contributed by atoms with van der Waals surface area (Å²) < 4.78 is 6.96. The first kappa shape index (κ1) is 17.7. The summed E-state index contributed by atoms with van der Waals surface area (Å²) in [5.74, 6) is 0.354. The van der Waals surface area contributed by atoms with Gasteiger partial charge in [0, 0.05) is 6.42 Å². The Morgan fingerprint density at radius 3 is 2.59 bits per heavy atom. The molecule has 5 nitrogen and oxygen atoms in total. The summed E-state index contributed by atoms with van der Waals surface area (Å²) in [5.41, 5.74) is 2.27. The van der Waals surface area contributed by atoms with Crippen LogP contribution in [0.3, 0.4) is 0 Å². The van der Waals surface area contributed by atoms with Crippen molar-refractivity contribution < 1.29 is 14.3 Å². The molecular weight excluding hydrogens is 455 g/mol. The van der Waals surface area contributed by atoms with Crippen molar-refractivity contribution in [2.24, 2.45) is 4.99 Å². The van der Waals surface area contributed by atoms with E-state index in [4.69, 9.17) is 4.74 Å². The lowest BCUT2D eigenvalue weighted by Gasteiger charge is -2.11. The van der Waals surface area contributed by atoms with Crippen molar-refractivity contribution in [3.8, 4) is 5.75 Å². The van der Waals surface area contributed by atoms with Crippen LogP contribution in [0.2, 0.25) is 0 Å². The zero-order chi connectivity index (χ0) is 18.8. The summed E-state index contributed by atoms with van der Waals surface area (Å²) >= 11 is 2.21. The van der Waals surface area contributed by atoms with Gasteiger partial charge >= 0.3 is 6.03 Å². The number of nitrogens with one attached hydrogen (secondary N) is 1. The van der Waals surface area contributed by atoms with Crippen LogP contribution < -0.4 is 10.1 Å². The lowest BCUT2D eigenvalue weighted by atomic mass is 10.1. The SMILES string of the molecule is O=C1N=C(Cc2ccc(OCc3cccc4ccccc34)c(I)c2)C(=O)N1. The van der Waals surface area contributed by atoms with Crippen LogP contribution in [0.1, 0.15) is 11.1 Å². The minimum Gasteiger partial charge on any atom is -0.488 e. The number of imide groups is 1. The molecule has 0 fully saturated rings. The van der Waals surface area contributed by atoms with Crippen LogP contribution in [0.25, 0.3) is 10.8 Å². The Kier molecular flexibility index (Phi) is 4.89. The van der Waals surface area contributed by atoms with Gasteiger partial charge in [0.05, 0.1) is 3.57 Å². The van der Waals surface area contributed by atoms with Gasteiger partial charge in [0.2, 0.25) is 0 Å². The molecule has 0 bridgehead atoms. The fourth-order valence-electron chi connectivity index (χ4n) is 3.03. The Morgan fingerprint density at radius 2 is 1.81 bits per heavy atom. The summed E-state index contributed by atoms with van der Waals surface area (Å²) in [6, 6.07) is 19.5. The van der Waals surface area contributed by atoms with Crippen LogP contribution in [-0.4, -0.2) is 17.6 Å². The summed E-state index contributed by atoms with van der Waals surface area (Å²) in [7, 11) is 0. The molecule has 0 saturated carbocycles. The Bertz CT molecular complexity index is 1090. The van der Waals surface area contributed by atoms with Gasteiger partial charge in [-0.2, -0.15) is 4.99 Å². The summed E-state index contributed by atoms with van der Waals surface area (Å²) in [5, 5.41) is 4.53. The van der Waals surface area contributed by atoms with Crippen LogP contribution in [0.15, 0.2) is 65.7 Å². The van der Waals surface area contributed by atoms with Crippen molar-refractivity contribution in [2.45, 2.75) is 13.0 Å². The Hall–Kier alpha value is -2.74. The molecule has 0 aromatic heterocycles. The van der Waals surface area contributed by atoms with E-state index in [1.807, 2.05) is 36.4 Å². The van der Waals surface area contributed by atoms with Gasteiger partial charge in [-0.15, -0.1) is 0 Å². The molecular formula is C21H15IN2O3. The first-order valence-corrected chi connectivity index (χ1v) is 9.49. The van der Waals surface area contributed by atoms with Crippen molar-refractivity contribution in [1.29, 1.82) is 0 Å². The molecule has 3 aromatic carbocycles. The second-order valence-electron chi connectivity index (χ2n) is 6.19. The van der Waals surface area contributed by atoms with Crippen molar-refractivity contribution in [3.05, 3.63) is 75.4 Å². The van der Waals surface area contributed by atoms with Crippen molar-refractivity contribution in [2.75, 3.05) is 0 Å². The number of hydrogen-bond acceptors (Lipinski definition) is 3. The lowest BCUT2D eigenvalue weighted by molar-refractivity contribution is -0.113. The number of amides is 3. The number of fused-ring (bicyclic) bond motifs is 1. The van der Waals surface area contributed by atoms with Gasteiger partial charge in [-0.05, 0) is 56.6 Å². The smallest absolute Gasteiger partial charge is 0.348 e. The van der Waals surface area contributed by atoms with Gasteiger partial charge in [-0.3, -0.25) is 10.1 Å². The van der Waals surface area contributed by atoms with E-state index in [1.165, 1.54) is 10.8 Å². The number of nitrogens with zero attached hydrogens (tertiary/aromatic N) is 1. The van der Waals surface area contributed by atoms with Crippen LogP contribution in [-0.2, 0) is 17.8 Å². The summed E-state index contributed by atoms with van der Waals surface area (Å²) in [6.45, 7) is 0.473. The van der Waals surface area contributed by atoms with E-state index >= 15 is 0 Å².